The maximum Gasteiger partial charge on any atom is 0.165 e. The van der Waals surface area contributed by atoms with Gasteiger partial charge in [0.1, 0.15) is 11.6 Å². The summed E-state index contributed by atoms with van der Waals surface area (Å²) in [6, 6.07) is 10.6. The van der Waals surface area contributed by atoms with Crippen LogP contribution in [0.15, 0.2) is 30.3 Å². The van der Waals surface area contributed by atoms with E-state index in [1.807, 2.05) is 36.6 Å². The molecule has 0 spiro atoms. The number of nitrogens with one attached hydrogen (secondary N) is 1. The first-order chi connectivity index (χ1) is 11.2. The highest BCUT2D eigenvalue weighted by molar-refractivity contribution is 5.84. The monoisotopic (exact) mass is 308 g/mol. The molecule has 2 aromatic heterocycles. The predicted octanol–water partition coefficient (Wildman–Crippen LogP) is 3.60. The van der Waals surface area contributed by atoms with E-state index in [1.165, 1.54) is 12.8 Å². The lowest BCUT2D eigenvalue weighted by Gasteiger charge is -2.10. The average molecular weight is 308 g/mol. The van der Waals surface area contributed by atoms with Crippen molar-refractivity contribution in [3.05, 3.63) is 41.7 Å². The van der Waals surface area contributed by atoms with Gasteiger partial charge in [-0.05, 0) is 32.8 Å². The van der Waals surface area contributed by atoms with Gasteiger partial charge < -0.3 is 10.1 Å². The molecule has 1 N–H and O–H groups in total. The number of anilines is 1. The van der Waals surface area contributed by atoms with Gasteiger partial charge in [0.25, 0.3) is 0 Å². The molecule has 0 aliphatic heterocycles. The number of fused-ring (bicyclic) bond motifs is 1. The van der Waals surface area contributed by atoms with Crippen LogP contribution in [0, 0.1) is 13.8 Å². The molecule has 1 aromatic carbocycles. The molecule has 1 fully saturated rings. The van der Waals surface area contributed by atoms with Crippen LogP contribution in [0.1, 0.15) is 24.2 Å². The zero-order chi connectivity index (χ0) is 16.0. The van der Waals surface area contributed by atoms with Crippen molar-refractivity contribution in [2.24, 2.45) is 0 Å². The lowest BCUT2D eigenvalue weighted by Crippen LogP contribution is -2.08. The highest BCUT2D eigenvalue weighted by Crippen LogP contribution is 2.36. The minimum absolute atomic E-state index is 0.569. The van der Waals surface area contributed by atoms with E-state index < -0.39 is 0 Å². The number of aryl methyl sites for hydroxylation is 2. The molecule has 0 atom stereocenters. The SMILES string of the molecule is COc1ccccc1-c1c(C)nn2c(NC3CC3)cc(C)nc12. The summed E-state index contributed by atoms with van der Waals surface area (Å²) in [6.07, 6.45) is 2.45. The molecule has 0 unspecified atom stereocenters. The van der Waals surface area contributed by atoms with E-state index in [0.717, 1.165) is 39.7 Å². The number of benzene rings is 1. The van der Waals surface area contributed by atoms with Gasteiger partial charge in [0.15, 0.2) is 5.65 Å². The molecule has 3 aromatic rings. The van der Waals surface area contributed by atoms with Gasteiger partial charge in [-0.2, -0.15) is 9.61 Å². The number of para-hydroxylation sites is 1. The van der Waals surface area contributed by atoms with Crippen LogP contribution >= 0.6 is 0 Å². The van der Waals surface area contributed by atoms with Gasteiger partial charge >= 0.3 is 0 Å². The van der Waals surface area contributed by atoms with E-state index in [-0.39, 0.29) is 0 Å². The van der Waals surface area contributed by atoms with Crippen molar-refractivity contribution >= 4 is 11.5 Å². The molecule has 5 heteroatoms. The van der Waals surface area contributed by atoms with E-state index in [9.17, 15) is 0 Å². The average Bonchev–Trinajstić information content (AvgIpc) is 3.29. The number of ether oxygens (including phenoxy) is 1. The third-order valence-corrected chi connectivity index (χ3v) is 4.20. The quantitative estimate of drug-likeness (QED) is 0.800. The van der Waals surface area contributed by atoms with E-state index in [0.29, 0.717) is 6.04 Å². The Hall–Kier alpha value is -2.56. The minimum atomic E-state index is 0.569. The molecule has 5 nitrogen and oxygen atoms in total. The first kappa shape index (κ1) is 14.1. The second kappa shape index (κ2) is 5.26. The lowest BCUT2D eigenvalue weighted by atomic mass is 10.1. The topological polar surface area (TPSA) is 51.5 Å². The van der Waals surface area contributed by atoms with Crippen molar-refractivity contribution in [1.29, 1.82) is 0 Å². The van der Waals surface area contributed by atoms with Crippen molar-refractivity contribution in [3.8, 4) is 16.9 Å². The molecule has 0 amide bonds. The molecule has 1 saturated carbocycles. The molecule has 23 heavy (non-hydrogen) atoms. The molecule has 0 bridgehead atoms. The van der Waals surface area contributed by atoms with Gasteiger partial charge in [0.2, 0.25) is 0 Å². The van der Waals surface area contributed by atoms with Crippen LogP contribution in [0.25, 0.3) is 16.8 Å². The number of aromatic nitrogens is 3. The molecular weight excluding hydrogens is 288 g/mol. The molecule has 4 rings (SSSR count). The second-order valence-corrected chi connectivity index (χ2v) is 6.10. The van der Waals surface area contributed by atoms with E-state index in [1.54, 1.807) is 7.11 Å². The molecule has 1 aliphatic carbocycles. The molecule has 118 valence electrons. The summed E-state index contributed by atoms with van der Waals surface area (Å²) in [7, 11) is 1.69. The minimum Gasteiger partial charge on any atom is -0.496 e. The van der Waals surface area contributed by atoms with Crippen LogP contribution < -0.4 is 10.1 Å². The summed E-state index contributed by atoms with van der Waals surface area (Å²) in [6.45, 7) is 4.04. The Morgan fingerprint density at radius 2 is 2.00 bits per heavy atom. The molecule has 1 aliphatic rings. The van der Waals surface area contributed by atoms with Crippen molar-refractivity contribution in [3.63, 3.8) is 0 Å². The first-order valence-corrected chi connectivity index (χ1v) is 7.94. The van der Waals surface area contributed by atoms with Crippen molar-refractivity contribution in [1.82, 2.24) is 14.6 Å². The van der Waals surface area contributed by atoms with Crippen LogP contribution in [0.3, 0.4) is 0 Å². The van der Waals surface area contributed by atoms with Crippen LogP contribution in [-0.4, -0.2) is 27.7 Å². The fourth-order valence-corrected chi connectivity index (χ4v) is 2.95. The molecule has 0 saturated heterocycles. The number of methoxy groups -OCH3 is 1. The molecular formula is C18H20N4O. The molecule has 0 radical (unpaired) electrons. The van der Waals surface area contributed by atoms with Crippen molar-refractivity contribution < 1.29 is 4.74 Å². The fraction of sp³-hybridized carbons (Fsp3) is 0.333. The Morgan fingerprint density at radius 3 is 2.74 bits per heavy atom. The summed E-state index contributed by atoms with van der Waals surface area (Å²) in [5, 5.41) is 8.27. The first-order valence-electron chi connectivity index (χ1n) is 7.94. The van der Waals surface area contributed by atoms with Gasteiger partial charge in [-0.1, -0.05) is 18.2 Å². The van der Waals surface area contributed by atoms with Gasteiger partial charge in [-0.15, -0.1) is 0 Å². The fourth-order valence-electron chi connectivity index (χ4n) is 2.95. The Kier molecular flexibility index (Phi) is 3.22. The normalized spacial score (nSPS) is 14.2. The zero-order valence-corrected chi connectivity index (χ0v) is 13.6. The Morgan fingerprint density at radius 1 is 1.22 bits per heavy atom. The standard InChI is InChI=1S/C18H20N4O/c1-11-10-16(20-13-8-9-13)22-18(19-11)17(12(2)21-22)14-6-4-5-7-15(14)23-3/h4-7,10,13,20H,8-9H2,1-3H3. The van der Waals surface area contributed by atoms with Crippen molar-refractivity contribution in [2.45, 2.75) is 32.7 Å². The predicted molar refractivity (Wildman–Crippen MR) is 91.1 cm³/mol. The maximum absolute atomic E-state index is 5.53. The van der Waals surface area contributed by atoms with Gasteiger partial charge in [-0.3, -0.25) is 0 Å². The van der Waals surface area contributed by atoms with Crippen LogP contribution in [-0.2, 0) is 0 Å². The van der Waals surface area contributed by atoms with Crippen molar-refractivity contribution in [2.75, 3.05) is 12.4 Å². The highest BCUT2D eigenvalue weighted by atomic mass is 16.5. The van der Waals surface area contributed by atoms with Gasteiger partial charge in [0, 0.05) is 23.4 Å². The van der Waals surface area contributed by atoms with Crippen LogP contribution in [0.4, 0.5) is 5.82 Å². The number of hydrogen-bond donors (Lipinski definition) is 1. The lowest BCUT2D eigenvalue weighted by molar-refractivity contribution is 0.416. The largest absolute Gasteiger partial charge is 0.496 e. The van der Waals surface area contributed by atoms with E-state index in [4.69, 9.17) is 14.8 Å². The summed E-state index contributed by atoms with van der Waals surface area (Å²) < 4.78 is 7.45. The summed E-state index contributed by atoms with van der Waals surface area (Å²) in [4.78, 5) is 4.74. The van der Waals surface area contributed by atoms with Gasteiger partial charge in [-0.25, -0.2) is 4.98 Å². The van der Waals surface area contributed by atoms with E-state index in [2.05, 4.69) is 17.4 Å². The van der Waals surface area contributed by atoms with Crippen LogP contribution in [0.5, 0.6) is 5.75 Å². The Bertz CT molecular complexity index is 880. The Labute approximate surface area is 135 Å². The number of nitrogens with zero attached hydrogens (tertiary/aromatic N) is 3. The van der Waals surface area contributed by atoms with E-state index >= 15 is 0 Å². The highest BCUT2D eigenvalue weighted by Gasteiger charge is 2.24. The third kappa shape index (κ3) is 2.42. The second-order valence-electron chi connectivity index (χ2n) is 6.10. The number of rotatable bonds is 4. The Balaban J connectivity index is 1.96. The smallest absolute Gasteiger partial charge is 0.165 e. The van der Waals surface area contributed by atoms with Crippen LogP contribution in [0.2, 0.25) is 0 Å². The summed E-state index contributed by atoms with van der Waals surface area (Å²) >= 11 is 0. The maximum atomic E-state index is 5.53. The summed E-state index contributed by atoms with van der Waals surface area (Å²) in [5.41, 5.74) is 4.86. The third-order valence-electron chi connectivity index (χ3n) is 4.20. The zero-order valence-electron chi connectivity index (χ0n) is 13.6. The summed E-state index contributed by atoms with van der Waals surface area (Å²) in [5.74, 6) is 1.85. The van der Waals surface area contributed by atoms with Gasteiger partial charge in [0.05, 0.1) is 18.4 Å². The molecule has 2 heterocycles. The number of hydrogen-bond acceptors (Lipinski definition) is 4.